The van der Waals surface area contributed by atoms with Crippen LogP contribution in [0.5, 0.6) is 0 Å². The van der Waals surface area contributed by atoms with Crippen LogP contribution in [0.1, 0.15) is 45.7 Å². The average Bonchev–Trinajstić information content (AvgIpc) is 2.36. The number of nitrogens with zero attached hydrogens (tertiary/aromatic N) is 2. The molecule has 2 heterocycles. The number of likely N-dealkylation sites (tertiary alicyclic amines) is 1. The van der Waals surface area contributed by atoms with Crippen LogP contribution in [0.25, 0.3) is 0 Å². The highest BCUT2D eigenvalue weighted by molar-refractivity contribution is 5.17. The quantitative estimate of drug-likeness (QED) is 0.909. The normalized spacial score (nSPS) is 31.9. The number of aromatic nitrogens is 1. The van der Waals surface area contributed by atoms with Gasteiger partial charge in [-0.1, -0.05) is 19.9 Å². The third-order valence-electron chi connectivity index (χ3n) is 4.52. The molecule has 1 aliphatic rings. The molecule has 2 N–H and O–H groups in total. The Bertz CT molecular complexity index is 390. The zero-order chi connectivity index (χ0) is 14.0. The van der Waals surface area contributed by atoms with E-state index in [0.717, 1.165) is 18.4 Å². The number of piperidine rings is 1. The third kappa shape index (κ3) is 3.15. The van der Waals surface area contributed by atoms with Crippen LogP contribution in [0.4, 0.5) is 0 Å². The first-order valence-corrected chi connectivity index (χ1v) is 7.42. The van der Waals surface area contributed by atoms with Crippen LogP contribution in [0, 0.1) is 11.8 Å². The maximum Gasteiger partial charge on any atom is 0.0514 e. The molecule has 0 radical (unpaired) electrons. The van der Waals surface area contributed by atoms with E-state index in [9.17, 15) is 0 Å². The van der Waals surface area contributed by atoms with E-state index in [-0.39, 0.29) is 12.1 Å². The van der Waals surface area contributed by atoms with E-state index in [4.69, 9.17) is 5.73 Å². The highest BCUT2D eigenvalue weighted by Gasteiger charge is 2.35. The van der Waals surface area contributed by atoms with Crippen LogP contribution >= 0.6 is 0 Å². The molecule has 0 aliphatic carbocycles. The number of rotatable bonds is 3. The summed E-state index contributed by atoms with van der Waals surface area (Å²) in [5.74, 6) is 1.46. The lowest BCUT2D eigenvalue weighted by molar-refractivity contribution is 0.0313. The fourth-order valence-corrected chi connectivity index (χ4v) is 3.47. The van der Waals surface area contributed by atoms with Crippen molar-refractivity contribution in [1.29, 1.82) is 0 Å². The van der Waals surface area contributed by atoms with Crippen LogP contribution < -0.4 is 5.73 Å². The van der Waals surface area contributed by atoms with E-state index in [1.165, 1.54) is 12.0 Å². The van der Waals surface area contributed by atoms with Gasteiger partial charge in [0.2, 0.25) is 0 Å². The van der Waals surface area contributed by atoms with Gasteiger partial charge in [0.1, 0.15) is 0 Å². The molecule has 1 aromatic heterocycles. The molecule has 1 aliphatic heterocycles. The monoisotopic (exact) mass is 261 g/mol. The van der Waals surface area contributed by atoms with Gasteiger partial charge >= 0.3 is 0 Å². The van der Waals surface area contributed by atoms with E-state index >= 15 is 0 Å². The van der Waals surface area contributed by atoms with E-state index < -0.39 is 0 Å². The summed E-state index contributed by atoms with van der Waals surface area (Å²) in [6, 6.07) is 5.12. The van der Waals surface area contributed by atoms with Crippen molar-refractivity contribution in [2.45, 2.75) is 52.2 Å². The summed E-state index contributed by atoms with van der Waals surface area (Å²) in [5, 5.41) is 0. The lowest BCUT2D eigenvalue weighted by atomic mass is 9.83. The van der Waals surface area contributed by atoms with Crippen LogP contribution in [0.15, 0.2) is 24.5 Å². The molecule has 1 fully saturated rings. The molecule has 3 heteroatoms. The molecule has 3 nitrogen and oxygen atoms in total. The molecule has 1 saturated heterocycles. The maximum absolute atomic E-state index is 6.28. The summed E-state index contributed by atoms with van der Waals surface area (Å²) in [7, 11) is 0. The Kier molecular flexibility index (Phi) is 4.58. The zero-order valence-electron chi connectivity index (χ0n) is 12.6. The summed E-state index contributed by atoms with van der Waals surface area (Å²) in [6.07, 6.45) is 5.10. The molecule has 0 aromatic carbocycles. The van der Waals surface area contributed by atoms with Gasteiger partial charge in [0, 0.05) is 31.0 Å². The predicted octanol–water partition coefficient (Wildman–Crippen LogP) is 2.84. The summed E-state index contributed by atoms with van der Waals surface area (Å²) in [5.41, 5.74) is 7.52. The molecule has 19 heavy (non-hydrogen) atoms. The number of hydrogen-bond acceptors (Lipinski definition) is 3. The van der Waals surface area contributed by atoms with Crippen molar-refractivity contribution in [3.63, 3.8) is 0 Å². The van der Waals surface area contributed by atoms with Gasteiger partial charge in [-0.15, -0.1) is 0 Å². The topological polar surface area (TPSA) is 42.2 Å². The molecule has 5 unspecified atom stereocenters. The summed E-state index contributed by atoms with van der Waals surface area (Å²) in [4.78, 5) is 6.85. The fraction of sp³-hybridized carbons (Fsp3) is 0.688. The van der Waals surface area contributed by atoms with Crippen LogP contribution in [-0.2, 0) is 0 Å². The van der Waals surface area contributed by atoms with Gasteiger partial charge in [-0.25, -0.2) is 0 Å². The molecule has 0 bridgehead atoms. The minimum atomic E-state index is 0.115. The number of pyridine rings is 1. The first kappa shape index (κ1) is 14.5. The summed E-state index contributed by atoms with van der Waals surface area (Å²) < 4.78 is 0. The van der Waals surface area contributed by atoms with Crippen molar-refractivity contribution in [3.05, 3.63) is 30.1 Å². The van der Waals surface area contributed by atoms with Gasteiger partial charge in [-0.3, -0.25) is 9.88 Å². The number of nitrogens with two attached hydrogens (primary N) is 1. The van der Waals surface area contributed by atoms with Gasteiger partial charge in [0.05, 0.1) is 6.04 Å². The molecule has 106 valence electrons. The third-order valence-corrected chi connectivity index (χ3v) is 4.52. The molecule has 1 aromatic rings. The Balaban J connectivity index is 2.28. The minimum absolute atomic E-state index is 0.115. The Morgan fingerprint density at radius 3 is 2.68 bits per heavy atom. The van der Waals surface area contributed by atoms with Crippen molar-refractivity contribution >= 4 is 0 Å². The van der Waals surface area contributed by atoms with Crippen molar-refractivity contribution in [1.82, 2.24) is 9.88 Å². The largest absolute Gasteiger partial charge is 0.326 e. The second-order valence-corrected chi connectivity index (χ2v) is 6.35. The standard InChI is InChI=1S/C16H27N3/c1-11-8-12(2)14(4)19(10-11)16(13(3)17)15-6-5-7-18-9-15/h5-7,9,11-14,16H,8,10,17H2,1-4H3. The molecule has 0 spiro atoms. The first-order valence-electron chi connectivity index (χ1n) is 7.42. The molecular weight excluding hydrogens is 234 g/mol. The van der Waals surface area contributed by atoms with Gasteiger partial charge < -0.3 is 5.73 Å². The van der Waals surface area contributed by atoms with Gasteiger partial charge in [0.15, 0.2) is 0 Å². The number of hydrogen-bond donors (Lipinski definition) is 1. The minimum Gasteiger partial charge on any atom is -0.326 e. The predicted molar refractivity (Wildman–Crippen MR) is 79.7 cm³/mol. The average molecular weight is 261 g/mol. The lowest BCUT2D eigenvalue weighted by Crippen LogP contribution is -2.51. The summed E-state index contributed by atoms with van der Waals surface area (Å²) >= 11 is 0. The highest BCUT2D eigenvalue weighted by Crippen LogP contribution is 2.34. The molecule has 0 saturated carbocycles. The SMILES string of the molecule is CC1CC(C)C(C)N(C(c2cccnc2)C(C)N)C1. The van der Waals surface area contributed by atoms with Crippen molar-refractivity contribution in [2.24, 2.45) is 17.6 Å². The van der Waals surface area contributed by atoms with E-state index in [2.05, 4.69) is 43.6 Å². The van der Waals surface area contributed by atoms with Crippen LogP contribution in [-0.4, -0.2) is 28.5 Å². The smallest absolute Gasteiger partial charge is 0.0514 e. The van der Waals surface area contributed by atoms with Crippen molar-refractivity contribution in [2.75, 3.05) is 6.54 Å². The second kappa shape index (κ2) is 6.02. The maximum atomic E-state index is 6.28. The fourth-order valence-electron chi connectivity index (χ4n) is 3.47. The first-order chi connectivity index (χ1) is 9.00. The lowest BCUT2D eigenvalue weighted by Gasteiger charge is -2.46. The second-order valence-electron chi connectivity index (χ2n) is 6.35. The highest BCUT2D eigenvalue weighted by atomic mass is 15.2. The van der Waals surface area contributed by atoms with Crippen LogP contribution in [0.2, 0.25) is 0 Å². The van der Waals surface area contributed by atoms with E-state index in [1.54, 1.807) is 0 Å². The molecular formula is C16H27N3. The molecule has 5 atom stereocenters. The van der Waals surface area contributed by atoms with Crippen LogP contribution in [0.3, 0.4) is 0 Å². The van der Waals surface area contributed by atoms with E-state index in [1.807, 2.05) is 18.5 Å². The van der Waals surface area contributed by atoms with Crippen molar-refractivity contribution < 1.29 is 0 Å². The van der Waals surface area contributed by atoms with Gasteiger partial charge in [-0.05, 0) is 43.7 Å². The Labute approximate surface area is 117 Å². The van der Waals surface area contributed by atoms with E-state index in [0.29, 0.717) is 6.04 Å². The van der Waals surface area contributed by atoms with Gasteiger partial charge in [0.25, 0.3) is 0 Å². The zero-order valence-corrected chi connectivity index (χ0v) is 12.6. The van der Waals surface area contributed by atoms with Gasteiger partial charge in [-0.2, -0.15) is 0 Å². The summed E-state index contributed by atoms with van der Waals surface area (Å²) in [6.45, 7) is 10.3. The molecule has 0 amide bonds. The molecule has 2 rings (SSSR count). The Hall–Kier alpha value is -0.930. The van der Waals surface area contributed by atoms with Crippen molar-refractivity contribution in [3.8, 4) is 0 Å². The Morgan fingerprint density at radius 1 is 1.37 bits per heavy atom. The Morgan fingerprint density at radius 2 is 2.11 bits per heavy atom.